The van der Waals surface area contributed by atoms with Crippen LogP contribution < -0.4 is 4.90 Å². The zero-order valence-corrected chi connectivity index (χ0v) is 43.7. The SMILES string of the molecule is Cc1ccc2c(c1)C(C)(C)c1cc(-c3ccc4c(c3)C(C)(C)c3cc(-c5ccc(-c6ccc7c(c6)C(C)(C)c6cc(-c8ccc(N(c9ccccc9)c9ccccc9)cc8)ccc6-7)c6nsnc56)ccc3-4)ccc1-2. The summed E-state index contributed by atoms with van der Waals surface area (Å²) < 4.78 is 9.99. The molecule has 11 aromatic rings. The molecule has 74 heavy (non-hydrogen) atoms. The maximum absolute atomic E-state index is 4.99. The second-order valence-electron chi connectivity index (χ2n) is 22.4. The molecule has 4 heteroatoms. The van der Waals surface area contributed by atoms with Crippen LogP contribution in [0.25, 0.3) is 88.9 Å². The number of hydrogen-bond donors (Lipinski definition) is 0. The number of nitrogens with zero attached hydrogens (tertiary/aromatic N) is 3. The molecule has 10 aromatic carbocycles. The van der Waals surface area contributed by atoms with Crippen LogP contribution in [0.4, 0.5) is 17.1 Å². The first kappa shape index (κ1) is 44.5. The van der Waals surface area contributed by atoms with Crippen molar-refractivity contribution < 1.29 is 0 Å². The van der Waals surface area contributed by atoms with Crippen molar-refractivity contribution in [3.8, 4) is 77.9 Å². The molecule has 0 N–H and O–H groups in total. The van der Waals surface area contributed by atoms with Crippen LogP contribution in [0.1, 0.15) is 80.5 Å². The predicted octanol–water partition coefficient (Wildman–Crippen LogP) is 19.1. The Hall–Kier alpha value is -8.18. The fourth-order valence-corrected chi connectivity index (χ4v) is 13.5. The summed E-state index contributed by atoms with van der Waals surface area (Å²) in [5.41, 5.74) is 31.9. The monoisotopic (exact) mass is 969 g/mol. The van der Waals surface area contributed by atoms with Crippen LogP contribution in [0.5, 0.6) is 0 Å². The lowest BCUT2D eigenvalue weighted by Crippen LogP contribution is -2.15. The van der Waals surface area contributed by atoms with Crippen molar-refractivity contribution in [2.45, 2.75) is 64.7 Å². The molecule has 1 aromatic heterocycles. The van der Waals surface area contributed by atoms with Gasteiger partial charge in [-0.3, -0.25) is 0 Å². The maximum atomic E-state index is 4.99. The average molecular weight is 970 g/mol. The predicted molar refractivity (Wildman–Crippen MR) is 311 cm³/mol. The number of aryl methyl sites for hydroxylation is 1. The number of benzene rings is 10. The Labute approximate surface area is 438 Å². The first-order chi connectivity index (χ1) is 35.8. The van der Waals surface area contributed by atoms with Crippen molar-refractivity contribution in [3.63, 3.8) is 0 Å². The van der Waals surface area contributed by atoms with E-state index in [9.17, 15) is 0 Å². The molecular weight excluding hydrogens is 915 g/mol. The Balaban J connectivity index is 0.749. The van der Waals surface area contributed by atoms with Gasteiger partial charge in [0.15, 0.2) is 0 Å². The van der Waals surface area contributed by atoms with E-state index >= 15 is 0 Å². The lowest BCUT2D eigenvalue weighted by molar-refractivity contribution is 0.659. The van der Waals surface area contributed by atoms with E-state index in [1.807, 2.05) is 0 Å². The van der Waals surface area contributed by atoms with Crippen molar-refractivity contribution >= 4 is 39.8 Å². The molecule has 0 fully saturated rings. The van der Waals surface area contributed by atoms with E-state index in [1.165, 1.54) is 117 Å². The minimum atomic E-state index is -0.202. The van der Waals surface area contributed by atoms with E-state index in [2.05, 4.69) is 260 Å². The van der Waals surface area contributed by atoms with Crippen molar-refractivity contribution in [2.75, 3.05) is 4.90 Å². The van der Waals surface area contributed by atoms with E-state index in [-0.39, 0.29) is 16.2 Å². The third-order valence-corrected chi connectivity index (χ3v) is 17.6. The van der Waals surface area contributed by atoms with Gasteiger partial charge >= 0.3 is 0 Å². The minimum Gasteiger partial charge on any atom is -0.311 e. The Bertz CT molecular complexity index is 4060. The summed E-state index contributed by atoms with van der Waals surface area (Å²) in [6.45, 7) is 16.5. The Morgan fingerprint density at radius 1 is 0.297 bits per heavy atom. The molecule has 0 amide bonds. The van der Waals surface area contributed by atoms with Crippen LogP contribution in [0, 0.1) is 6.92 Å². The van der Waals surface area contributed by atoms with E-state index in [1.54, 1.807) is 0 Å². The summed E-state index contributed by atoms with van der Waals surface area (Å²) in [4.78, 5) is 2.31. The topological polar surface area (TPSA) is 29.0 Å². The second kappa shape index (κ2) is 16.2. The van der Waals surface area contributed by atoms with Gasteiger partial charge in [-0.25, -0.2) is 0 Å². The minimum absolute atomic E-state index is 0.0476. The lowest BCUT2D eigenvalue weighted by Gasteiger charge is -2.25. The average Bonchev–Trinajstić information content (AvgIpc) is 4.13. The second-order valence-corrected chi connectivity index (χ2v) is 22.9. The van der Waals surface area contributed by atoms with E-state index in [0.717, 1.165) is 39.2 Å². The highest BCUT2D eigenvalue weighted by Gasteiger charge is 2.39. The normalized spacial score (nSPS) is 14.7. The van der Waals surface area contributed by atoms with Crippen LogP contribution in [-0.2, 0) is 16.2 Å². The first-order valence-corrected chi connectivity index (χ1v) is 26.7. The highest BCUT2D eigenvalue weighted by molar-refractivity contribution is 7.00. The summed E-state index contributed by atoms with van der Waals surface area (Å²) in [5, 5.41) is 0. The van der Waals surface area contributed by atoms with Gasteiger partial charge in [-0.15, -0.1) is 0 Å². The summed E-state index contributed by atoms with van der Waals surface area (Å²) in [5.74, 6) is 0. The van der Waals surface area contributed by atoms with Crippen molar-refractivity contribution in [3.05, 3.63) is 245 Å². The molecule has 0 bridgehead atoms. The fourth-order valence-electron chi connectivity index (χ4n) is 12.9. The molecule has 356 valence electrons. The number of para-hydroxylation sites is 2. The number of fused-ring (bicyclic) bond motifs is 10. The van der Waals surface area contributed by atoms with Gasteiger partial charge in [0.05, 0.1) is 11.7 Å². The van der Waals surface area contributed by atoms with Gasteiger partial charge in [-0.05, 0) is 174 Å². The summed E-state index contributed by atoms with van der Waals surface area (Å²) in [6.07, 6.45) is 0. The molecule has 3 aliphatic rings. The smallest absolute Gasteiger partial charge is 0.113 e. The molecule has 14 rings (SSSR count). The molecular formula is C70H55N3S. The van der Waals surface area contributed by atoms with Gasteiger partial charge in [-0.1, -0.05) is 187 Å². The zero-order valence-electron chi connectivity index (χ0n) is 42.9. The molecule has 0 saturated heterocycles. The van der Waals surface area contributed by atoms with Crippen LogP contribution in [0.15, 0.2) is 206 Å². The number of hydrogen-bond acceptors (Lipinski definition) is 4. The first-order valence-electron chi connectivity index (χ1n) is 26.0. The van der Waals surface area contributed by atoms with E-state index in [0.29, 0.717) is 0 Å². The van der Waals surface area contributed by atoms with Crippen molar-refractivity contribution in [1.29, 1.82) is 0 Å². The van der Waals surface area contributed by atoms with E-state index in [4.69, 9.17) is 8.75 Å². The van der Waals surface area contributed by atoms with Gasteiger partial charge in [0.2, 0.25) is 0 Å². The summed E-state index contributed by atoms with van der Waals surface area (Å²) in [6, 6.07) is 77.0. The lowest BCUT2D eigenvalue weighted by atomic mass is 9.79. The number of anilines is 3. The zero-order chi connectivity index (χ0) is 50.3. The molecule has 0 aliphatic heterocycles. The number of aromatic nitrogens is 2. The quantitative estimate of drug-likeness (QED) is 0.159. The molecule has 1 heterocycles. The molecule has 0 saturated carbocycles. The fraction of sp³-hybridized carbons (Fsp3) is 0.143. The molecule has 0 atom stereocenters. The van der Waals surface area contributed by atoms with Crippen LogP contribution in [0.2, 0.25) is 0 Å². The third kappa shape index (κ3) is 6.64. The Morgan fingerprint density at radius 3 is 1.00 bits per heavy atom. The van der Waals surface area contributed by atoms with Crippen LogP contribution >= 0.6 is 11.7 Å². The number of rotatable bonds is 7. The van der Waals surface area contributed by atoms with Gasteiger partial charge < -0.3 is 4.90 Å². The summed E-state index contributed by atoms with van der Waals surface area (Å²) >= 11 is 1.30. The molecule has 0 spiro atoms. The Kier molecular flexibility index (Phi) is 9.72. The van der Waals surface area contributed by atoms with Crippen LogP contribution in [-0.4, -0.2) is 8.75 Å². The highest BCUT2D eigenvalue weighted by Crippen LogP contribution is 2.55. The Morgan fingerprint density at radius 2 is 0.595 bits per heavy atom. The molecule has 3 nitrogen and oxygen atoms in total. The third-order valence-electron chi connectivity index (χ3n) is 17.0. The van der Waals surface area contributed by atoms with E-state index < -0.39 is 0 Å². The molecule has 0 unspecified atom stereocenters. The largest absolute Gasteiger partial charge is 0.311 e. The summed E-state index contributed by atoms with van der Waals surface area (Å²) in [7, 11) is 0. The van der Waals surface area contributed by atoms with Gasteiger partial charge in [-0.2, -0.15) is 8.75 Å². The van der Waals surface area contributed by atoms with Gasteiger partial charge in [0.1, 0.15) is 11.0 Å². The molecule has 0 radical (unpaired) electrons. The maximum Gasteiger partial charge on any atom is 0.113 e. The molecule has 3 aliphatic carbocycles. The van der Waals surface area contributed by atoms with Gasteiger partial charge in [0.25, 0.3) is 0 Å². The van der Waals surface area contributed by atoms with Crippen LogP contribution in [0.3, 0.4) is 0 Å². The highest BCUT2D eigenvalue weighted by atomic mass is 32.1. The standard InChI is InChI=1S/C70H55N3S/c1-42-18-28-54-55-30-22-45(38-62(55)68(2,3)60(54)36-42)46-23-31-57-59-33-25-48(41-65(59)70(6,7)63(57)39-46)53-35-34-52(66-67(53)72-74-71-66)47-24-32-58-56-29-21-44(37-61(56)69(4,5)64(58)40-47)43-19-26-51(27-20-43)73(49-14-10-8-11-15-49)50-16-12-9-13-17-50/h8-41H,1-7H3. The van der Waals surface area contributed by atoms with Gasteiger partial charge in [0, 0.05) is 44.4 Å². The van der Waals surface area contributed by atoms with Crippen molar-refractivity contribution in [1.82, 2.24) is 8.75 Å². The van der Waals surface area contributed by atoms with Crippen molar-refractivity contribution in [2.24, 2.45) is 0 Å².